The van der Waals surface area contributed by atoms with E-state index in [1.807, 2.05) is 12.1 Å². The van der Waals surface area contributed by atoms with Crippen LogP contribution in [0.4, 0.5) is 8.78 Å². The standard InChI is InChI=1S/C14H14F2N2/c15-13-3-1-2-11(14(13)16)9-12(17)8-10-4-6-18-7-5-10/h1-7,12H,8-9,17H2. The Hall–Kier alpha value is -1.81. The van der Waals surface area contributed by atoms with Crippen molar-refractivity contribution in [2.45, 2.75) is 18.9 Å². The Bertz CT molecular complexity index is 514. The molecule has 1 heterocycles. The quantitative estimate of drug-likeness (QED) is 0.902. The van der Waals surface area contributed by atoms with E-state index in [1.54, 1.807) is 18.5 Å². The fraction of sp³-hybridized carbons (Fsp3) is 0.214. The molecule has 0 amide bonds. The Kier molecular flexibility index (Phi) is 3.99. The van der Waals surface area contributed by atoms with Crippen molar-refractivity contribution in [3.8, 4) is 0 Å². The van der Waals surface area contributed by atoms with E-state index < -0.39 is 11.6 Å². The van der Waals surface area contributed by atoms with Gasteiger partial charge in [0.2, 0.25) is 0 Å². The van der Waals surface area contributed by atoms with Crippen molar-refractivity contribution in [2.24, 2.45) is 5.73 Å². The first-order chi connectivity index (χ1) is 8.66. The van der Waals surface area contributed by atoms with Crippen molar-refractivity contribution in [2.75, 3.05) is 0 Å². The molecule has 94 valence electrons. The molecule has 1 aromatic carbocycles. The van der Waals surface area contributed by atoms with Crippen LogP contribution in [0.1, 0.15) is 11.1 Å². The molecule has 2 rings (SSSR count). The minimum atomic E-state index is -0.830. The lowest BCUT2D eigenvalue weighted by Gasteiger charge is -2.12. The van der Waals surface area contributed by atoms with Gasteiger partial charge in [0.1, 0.15) is 0 Å². The molecule has 2 aromatic rings. The van der Waals surface area contributed by atoms with Crippen LogP contribution in [0.15, 0.2) is 42.7 Å². The number of nitrogens with two attached hydrogens (primary N) is 1. The maximum absolute atomic E-state index is 13.5. The van der Waals surface area contributed by atoms with Crippen LogP contribution in [0.25, 0.3) is 0 Å². The third-order valence-corrected chi connectivity index (χ3v) is 2.76. The smallest absolute Gasteiger partial charge is 0.162 e. The summed E-state index contributed by atoms with van der Waals surface area (Å²) in [6, 6.07) is 7.64. The highest BCUT2D eigenvalue weighted by molar-refractivity contribution is 5.21. The Morgan fingerprint density at radius 3 is 2.50 bits per heavy atom. The van der Waals surface area contributed by atoms with Gasteiger partial charge in [0, 0.05) is 18.4 Å². The van der Waals surface area contributed by atoms with Crippen molar-refractivity contribution < 1.29 is 8.78 Å². The molecule has 0 fully saturated rings. The van der Waals surface area contributed by atoms with Gasteiger partial charge in [-0.1, -0.05) is 12.1 Å². The molecule has 1 unspecified atom stereocenters. The number of halogens is 2. The lowest BCUT2D eigenvalue weighted by molar-refractivity contribution is 0.492. The first-order valence-electron chi connectivity index (χ1n) is 5.74. The van der Waals surface area contributed by atoms with Crippen LogP contribution < -0.4 is 5.73 Å². The molecule has 0 bridgehead atoms. The lowest BCUT2D eigenvalue weighted by Crippen LogP contribution is -2.26. The number of pyridine rings is 1. The summed E-state index contributed by atoms with van der Waals surface area (Å²) >= 11 is 0. The van der Waals surface area contributed by atoms with Gasteiger partial charge < -0.3 is 5.73 Å². The van der Waals surface area contributed by atoms with Gasteiger partial charge in [-0.05, 0) is 42.2 Å². The fourth-order valence-electron chi connectivity index (χ4n) is 1.88. The number of aromatic nitrogens is 1. The van der Waals surface area contributed by atoms with Crippen molar-refractivity contribution >= 4 is 0 Å². The van der Waals surface area contributed by atoms with Gasteiger partial charge in [-0.2, -0.15) is 0 Å². The Balaban J connectivity index is 2.03. The van der Waals surface area contributed by atoms with Crippen LogP contribution in [-0.4, -0.2) is 11.0 Å². The largest absolute Gasteiger partial charge is 0.327 e. The van der Waals surface area contributed by atoms with Crippen molar-refractivity contribution in [1.29, 1.82) is 0 Å². The molecule has 0 aliphatic carbocycles. The van der Waals surface area contributed by atoms with Gasteiger partial charge in [-0.15, -0.1) is 0 Å². The molecule has 1 aromatic heterocycles. The van der Waals surface area contributed by atoms with Crippen LogP contribution in [-0.2, 0) is 12.8 Å². The minimum absolute atomic E-state index is 0.247. The number of benzene rings is 1. The molecule has 1 atom stereocenters. The molecular weight excluding hydrogens is 234 g/mol. The van der Waals surface area contributed by atoms with Gasteiger partial charge in [0.15, 0.2) is 11.6 Å². The summed E-state index contributed by atoms with van der Waals surface area (Å²) in [6.45, 7) is 0. The minimum Gasteiger partial charge on any atom is -0.327 e. The summed E-state index contributed by atoms with van der Waals surface area (Å²) in [5.41, 5.74) is 7.30. The molecule has 0 aliphatic heterocycles. The van der Waals surface area contributed by atoms with Crippen molar-refractivity contribution in [3.63, 3.8) is 0 Å². The summed E-state index contributed by atoms with van der Waals surface area (Å²) in [7, 11) is 0. The molecule has 0 spiro atoms. The average molecular weight is 248 g/mol. The van der Waals surface area contributed by atoms with E-state index >= 15 is 0 Å². The highest BCUT2D eigenvalue weighted by Crippen LogP contribution is 2.14. The third kappa shape index (κ3) is 3.11. The topological polar surface area (TPSA) is 38.9 Å². The van der Waals surface area contributed by atoms with Crippen LogP contribution in [0.2, 0.25) is 0 Å². The molecule has 2 N–H and O–H groups in total. The molecule has 18 heavy (non-hydrogen) atoms. The Morgan fingerprint density at radius 1 is 1.06 bits per heavy atom. The van der Waals surface area contributed by atoms with Crippen molar-refractivity contribution in [3.05, 3.63) is 65.5 Å². The van der Waals surface area contributed by atoms with Crippen molar-refractivity contribution in [1.82, 2.24) is 4.98 Å². The van der Waals surface area contributed by atoms with Crippen LogP contribution >= 0.6 is 0 Å². The maximum atomic E-state index is 13.5. The predicted octanol–water partition coefficient (Wildman–Crippen LogP) is 2.47. The summed E-state index contributed by atoms with van der Waals surface area (Å²) in [6.07, 6.45) is 4.29. The first kappa shape index (κ1) is 12.6. The average Bonchev–Trinajstić information content (AvgIpc) is 2.36. The second-order valence-corrected chi connectivity index (χ2v) is 4.24. The highest BCUT2D eigenvalue weighted by Gasteiger charge is 2.11. The van der Waals surface area contributed by atoms with Gasteiger partial charge in [-0.25, -0.2) is 8.78 Å². The van der Waals surface area contributed by atoms with Crippen LogP contribution in [0, 0.1) is 11.6 Å². The van der Waals surface area contributed by atoms with E-state index in [-0.39, 0.29) is 6.04 Å². The van der Waals surface area contributed by atoms with E-state index in [4.69, 9.17) is 5.73 Å². The molecule has 0 aliphatic rings. The zero-order chi connectivity index (χ0) is 13.0. The summed E-state index contributed by atoms with van der Waals surface area (Å²) < 4.78 is 26.5. The van der Waals surface area contributed by atoms with E-state index in [9.17, 15) is 8.78 Å². The van der Waals surface area contributed by atoms with E-state index in [0.29, 0.717) is 18.4 Å². The molecule has 4 heteroatoms. The van der Waals surface area contributed by atoms with Crippen LogP contribution in [0.5, 0.6) is 0 Å². The molecule has 2 nitrogen and oxygen atoms in total. The summed E-state index contributed by atoms with van der Waals surface area (Å²) in [4.78, 5) is 3.91. The predicted molar refractivity (Wildman–Crippen MR) is 66.0 cm³/mol. The normalized spacial score (nSPS) is 12.4. The Morgan fingerprint density at radius 2 is 1.78 bits per heavy atom. The Labute approximate surface area is 104 Å². The second kappa shape index (κ2) is 5.69. The zero-order valence-electron chi connectivity index (χ0n) is 9.81. The summed E-state index contributed by atoms with van der Waals surface area (Å²) in [5.74, 6) is -1.63. The highest BCUT2D eigenvalue weighted by atomic mass is 19.2. The number of hydrogen-bond acceptors (Lipinski definition) is 2. The zero-order valence-corrected chi connectivity index (χ0v) is 9.81. The summed E-state index contributed by atoms with van der Waals surface area (Å²) in [5, 5.41) is 0. The third-order valence-electron chi connectivity index (χ3n) is 2.76. The number of rotatable bonds is 4. The molecule has 0 saturated carbocycles. The number of hydrogen-bond donors (Lipinski definition) is 1. The first-order valence-corrected chi connectivity index (χ1v) is 5.74. The van der Waals surface area contributed by atoms with Gasteiger partial charge in [0.05, 0.1) is 0 Å². The van der Waals surface area contributed by atoms with Crippen LogP contribution in [0.3, 0.4) is 0 Å². The second-order valence-electron chi connectivity index (χ2n) is 4.24. The van der Waals surface area contributed by atoms with E-state index in [1.165, 1.54) is 6.07 Å². The number of nitrogens with zero attached hydrogens (tertiary/aromatic N) is 1. The maximum Gasteiger partial charge on any atom is 0.162 e. The van der Waals surface area contributed by atoms with Gasteiger partial charge in [-0.3, -0.25) is 4.98 Å². The molecule has 0 saturated heterocycles. The molecular formula is C14H14F2N2. The molecule has 0 radical (unpaired) electrons. The van der Waals surface area contributed by atoms with E-state index in [2.05, 4.69) is 4.98 Å². The van der Waals surface area contributed by atoms with Gasteiger partial charge in [0.25, 0.3) is 0 Å². The lowest BCUT2D eigenvalue weighted by atomic mass is 10.00. The van der Waals surface area contributed by atoms with Gasteiger partial charge >= 0.3 is 0 Å². The van der Waals surface area contributed by atoms with E-state index in [0.717, 1.165) is 11.6 Å². The SMILES string of the molecule is NC(Cc1ccncc1)Cc1cccc(F)c1F. The monoisotopic (exact) mass is 248 g/mol. The fourth-order valence-corrected chi connectivity index (χ4v) is 1.88.